The van der Waals surface area contributed by atoms with E-state index in [1.165, 1.54) is 0 Å². The number of pyridine rings is 1. The third kappa shape index (κ3) is 2.51. The van der Waals surface area contributed by atoms with E-state index in [4.69, 9.17) is 11.6 Å². The number of hydrogen-bond acceptors (Lipinski definition) is 4. The van der Waals surface area contributed by atoms with E-state index in [-0.39, 0.29) is 17.6 Å². The average Bonchev–Trinajstić information content (AvgIpc) is 2.99. The van der Waals surface area contributed by atoms with E-state index in [9.17, 15) is 9.90 Å². The van der Waals surface area contributed by atoms with Crippen molar-refractivity contribution in [3.63, 3.8) is 0 Å². The third-order valence-corrected chi connectivity index (χ3v) is 4.86. The Bertz CT molecular complexity index is 652. The molecular weight excluding hydrogens is 298 g/mol. The number of nitrogens with zero attached hydrogens (tertiary/aromatic N) is 2. The van der Waals surface area contributed by atoms with Crippen LogP contribution >= 0.6 is 23.4 Å². The van der Waals surface area contributed by atoms with E-state index >= 15 is 0 Å². The lowest BCUT2D eigenvalue weighted by molar-refractivity contribution is 0.0610. The van der Waals surface area contributed by atoms with Crippen molar-refractivity contribution in [3.8, 4) is 0 Å². The fraction of sp³-hybridized carbons (Fsp3) is 0.385. The molecule has 2 N–H and O–H groups in total. The first-order chi connectivity index (χ1) is 9.59. The second kappa shape index (κ2) is 5.27. The van der Waals surface area contributed by atoms with Crippen molar-refractivity contribution in [2.45, 2.75) is 12.0 Å². The Morgan fingerprint density at radius 3 is 3.20 bits per heavy atom. The van der Waals surface area contributed by atoms with Crippen molar-refractivity contribution < 1.29 is 9.90 Å². The summed E-state index contributed by atoms with van der Waals surface area (Å²) in [7, 11) is 0. The van der Waals surface area contributed by atoms with Crippen molar-refractivity contribution in [3.05, 3.63) is 35.2 Å². The zero-order chi connectivity index (χ0) is 14.2. The third-order valence-electron chi connectivity index (χ3n) is 3.36. The van der Waals surface area contributed by atoms with Gasteiger partial charge in [0.2, 0.25) is 0 Å². The molecule has 1 atom stereocenters. The van der Waals surface area contributed by atoms with Gasteiger partial charge in [0.1, 0.15) is 5.65 Å². The van der Waals surface area contributed by atoms with E-state index < -0.39 is 5.60 Å². The molecule has 1 unspecified atom stereocenters. The van der Waals surface area contributed by atoms with E-state index in [0.29, 0.717) is 23.5 Å². The van der Waals surface area contributed by atoms with Crippen LogP contribution < -0.4 is 5.32 Å². The van der Waals surface area contributed by atoms with Gasteiger partial charge in [0.15, 0.2) is 10.8 Å². The molecule has 20 heavy (non-hydrogen) atoms. The molecule has 1 amide bonds. The van der Waals surface area contributed by atoms with Crippen LogP contribution in [0.4, 0.5) is 0 Å². The molecule has 5 nitrogen and oxygen atoms in total. The first kappa shape index (κ1) is 13.7. The molecule has 0 spiro atoms. The molecule has 1 aliphatic heterocycles. The van der Waals surface area contributed by atoms with Crippen LogP contribution in [0.1, 0.15) is 16.9 Å². The summed E-state index contributed by atoms with van der Waals surface area (Å²) in [4.78, 5) is 16.4. The van der Waals surface area contributed by atoms with Crippen LogP contribution in [0.25, 0.3) is 5.65 Å². The molecule has 0 aliphatic carbocycles. The van der Waals surface area contributed by atoms with Gasteiger partial charge in [-0.3, -0.25) is 9.20 Å². The van der Waals surface area contributed by atoms with Crippen LogP contribution in [-0.4, -0.2) is 44.0 Å². The second-order valence-electron chi connectivity index (χ2n) is 4.89. The summed E-state index contributed by atoms with van der Waals surface area (Å²) >= 11 is 7.72. The summed E-state index contributed by atoms with van der Waals surface area (Å²) in [5.41, 5.74) is 0.113. The first-order valence-corrected chi connectivity index (χ1v) is 7.83. The molecule has 0 bridgehead atoms. The quantitative estimate of drug-likeness (QED) is 0.903. The summed E-state index contributed by atoms with van der Waals surface area (Å²) in [6.07, 6.45) is 2.43. The molecule has 106 valence electrons. The lowest BCUT2D eigenvalue weighted by Gasteiger charge is -2.21. The molecule has 7 heteroatoms. The predicted molar refractivity (Wildman–Crippen MR) is 79.4 cm³/mol. The molecule has 1 aliphatic rings. The van der Waals surface area contributed by atoms with Gasteiger partial charge in [-0.25, -0.2) is 4.98 Å². The number of carbonyl (C=O) groups excluding carboxylic acids is 1. The number of amides is 1. The number of carbonyl (C=O) groups is 1. The number of thioether (sulfide) groups is 1. The second-order valence-corrected chi connectivity index (χ2v) is 6.35. The molecule has 0 radical (unpaired) electrons. The van der Waals surface area contributed by atoms with Crippen molar-refractivity contribution in [2.24, 2.45) is 0 Å². The molecule has 2 aromatic rings. The van der Waals surface area contributed by atoms with Crippen molar-refractivity contribution in [2.75, 3.05) is 18.1 Å². The minimum atomic E-state index is -0.812. The summed E-state index contributed by atoms with van der Waals surface area (Å²) in [6.45, 7) is 0.231. The maximum atomic E-state index is 12.3. The topological polar surface area (TPSA) is 66.6 Å². The Morgan fingerprint density at radius 1 is 1.60 bits per heavy atom. The maximum Gasteiger partial charge on any atom is 0.271 e. The minimum absolute atomic E-state index is 0.168. The summed E-state index contributed by atoms with van der Waals surface area (Å²) < 4.78 is 1.64. The monoisotopic (exact) mass is 311 g/mol. The Morgan fingerprint density at radius 2 is 2.45 bits per heavy atom. The zero-order valence-electron chi connectivity index (χ0n) is 10.7. The molecule has 1 fully saturated rings. The first-order valence-electron chi connectivity index (χ1n) is 6.30. The van der Waals surface area contributed by atoms with Crippen LogP contribution in [0.2, 0.25) is 5.15 Å². The number of aliphatic hydroxyl groups is 1. The van der Waals surface area contributed by atoms with Gasteiger partial charge in [-0.2, -0.15) is 11.8 Å². The molecule has 3 heterocycles. The SMILES string of the molecule is O=C(NCC1(O)CCSC1)c1c(Cl)nc2ccccn12. The van der Waals surface area contributed by atoms with Crippen LogP contribution in [-0.2, 0) is 0 Å². The molecule has 3 rings (SSSR count). The Labute approximate surface area is 125 Å². The number of fused-ring (bicyclic) bond motifs is 1. The van der Waals surface area contributed by atoms with Gasteiger partial charge in [0.25, 0.3) is 5.91 Å². The smallest absolute Gasteiger partial charge is 0.271 e. The van der Waals surface area contributed by atoms with Crippen molar-refractivity contribution >= 4 is 34.9 Å². The highest BCUT2D eigenvalue weighted by atomic mass is 35.5. The Kier molecular flexibility index (Phi) is 3.62. The van der Waals surface area contributed by atoms with E-state index in [1.54, 1.807) is 28.4 Å². The van der Waals surface area contributed by atoms with Gasteiger partial charge < -0.3 is 10.4 Å². The fourth-order valence-electron chi connectivity index (χ4n) is 2.23. The van der Waals surface area contributed by atoms with E-state index in [1.807, 2.05) is 12.1 Å². The predicted octanol–water partition coefficient (Wildman–Crippen LogP) is 1.59. The van der Waals surface area contributed by atoms with Crippen LogP contribution in [0.3, 0.4) is 0 Å². The number of hydrogen-bond donors (Lipinski definition) is 2. The minimum Gasteiger partial charge on any atom is -0.387 e. The lowest BCUT2D eigenvalue weighted by Crippen LogP contribution is -2.43. The average molecular weight is 312 g/mol. The normalized spacial score (nSPS) is 22.3. The highest BCUT2D eigenvalue weighted by molar-refractivity contribution is 7.99. The molecule has 0 saturated carbocycles. The maximum absolute atomic E-state index is 12.3. The number of imidazole rings is 1. The number of rotatable bonds is 3. The molecular formula is C13H14ClN3O2S. The summed E-state index contributed by atoms with van der Waals surface area (Å²) in [6, 6.07) is 5.42. The van der Waals surface area contributed by atoms with Gasteiger partial charge in [-0.05, 0) is 24.3 Å². The highest BCUT2D eigenvalue weighted by Crippen LogP contribution is 2.27. The Balaban J connectivity index is 1.80. The fourth-order valence-corrected chi connectivity index (χ4v) is 3.79. The van der Waals surface area contributed by atoms with Crippen molar-refractivity contribution in [1.29, 1.82) is 0 Å². The number of halogens is 1. The lowest BCUT2D eigenvalue weighted by atomic mass is 10.0. The highest BCUT2D eigenvalue weighted by Gasteiger charge is 2.32. The molecule has 2 aromatic heterocycles. The van der Waals surface area contributed by atoms with Gasteiger partial charge in [0.05, 0.1) is 5.60 Å². The van der Waals surface area contributed by atoms with Crippen LogP contribution in [0, 0.1) is 0 Å². The Hall–Kier alpha value is -1.24. The van der Waals surface area contributed by atoms with Gasteiger partial charge in [-0.1, -0.05) is 17.7 Å². The van der Waals surface area contributed by atoms with Gasteiger partial charge in [-0.15, -0.1) is 0 Å². The van der Waals surface area contributed by atoms with E-state index in [2.05, 4.69) is 10.3 Å². The number of aromatic nitrogens is 2. The largest absolute Gasteiger partial charge is 0.387 e. The summed E-state index contributed by atoms with van der Waals surface area (Å²) in [5.74, 6) is 1.25. The zero-order valence-corrected chi connectivity index (χ0v) is 12.2. The van der Waals surface area contributed by atoms with Crippen molar-refractivity contribution in [1.82, 2.24) is 14.7 Å². The summed E-state index contributed by atoms with van der Waals surface area (Å²) in [5, 5.41) is 13.2. The molecule has 1 saturated heterocycles. The molecule has 0 aromatic carbocycles. The standard InChI is InChI=1S/C13H14ClN3O2S/c14-11-10(17-5-2-1-3-9(17)16-11)12(18)15-7-13(19)4-6-20-8-13/h1-3,5,19H,4,6-8H2,(H,15,18). The van der Waals surface area contributed by atoms with Crippen LogP contribution in [0.15, 0.2) is 24.4 Å². The van der Waals surface area contributed by atoms with Gasteiger partial charge in [0, 0.05) is 18.5 Å². The number of nitrogens with one attached hydrogen (secondary N) is 1. The van der Waals surface area contributed by atoms with Gasteiger partial charge >= 0.3 is 0 Å². The van der Waals surface area contributed by atoms with Crippen LogP contribution in [0.5, 0.6) is 0 Å². The van der Waals surface area contributed by atoms with E-state index in [0.717, 1.165) is 5.75 Å².